The number of methoxy groups -OCH3 is 1. The second-order valence-electron chi connectivity index (χ2n) is 0.743. The van der Waals surface area contributed by atoms with Crippen LogP contribution in [-0.2, 0) is 25.1 Å². The van der Waals surface area contributed by atoms with Crippen LogP contribution in [0.25, 0.3) is 0 Å². The molecule has 0 atom stereocenters. The van der Waals surface area contributed by atoms with E-state index in [1.54, 1.807) is 0 Å². The number of esters is 1. The number of rotatable bonds is 0. The quantitative estimate of drug-likeness (QED) is 0.508. The molecule has 0 bridgehead atoms. The van der Waals surface area contributed by atoms with Crippen molar-refractivity contribution in [2.45, 2.75) is 6.92 Å². The Kier molecular flexibility index (Phi) is 13.4. The fourth-order valence-corrected chi connectivity index (χ4v) is 0. The summed E-state index contributed by atoms with van der Waals surface area (Å²) in [4.78, 5) is 9.59. The van der Waals surface area contributed by atoms with Crippen LogP contribution in [0.3, 0.4) is 0 Å². The normalized spacial score (nSPS) is 7.00. The van der Waals surface area contributed by atoms with Crippen LogP contribution in [0.15, 0.2) is 0 Å². The van der Waals surface area contributed by atoms with Crippen LogP contribution in [0, 0.1) is 0 Å². The number of ether oxygens (including phenoxy) is 1. The van der Waals surface area contributed by atoms with Crippen molar-refractivity contribution < 1.29 is 32.3 Å². The average molecular weight is 171 g/mol. The molecule has 2 nitrogen and oxygen atoms in total. The molecule has 0 fully saturated rings. The monoisotopic (exact) mass is 171 g/mol. The minimum atomic E-state index is -1.56. The van der Waals surface area contributed by atoms with Crippen LogP contribution < -0.4 is 0 Å². The molecule has 0 amide bonds. The van der Waals surface area contributed by atoms with Crippen LogP contribution in [-0.4, -0.2) is 13.1 Å². The predicted molar refractivity (Wildman–Crippen MR) is 19.9 cm³/mol. The van der Waals surface area contributed by atoms with Crippen LogP contribution in [0.4, 0.5) is 7.16 Å². The Hall–Kier alpha value is -0.164. The van der Waals surface area contributed by atoms with Crippen molar-refractivity contribution in [1.29, 1.82) is 0 Å². The minimum absolute atomic E-state index is 0.245. The van der Waals surface area contributed by atoms with Crippen molar-refractivity contribution in [3.63, 3.8) is 0 Å². The number of carbonyl (C=O) groups excluding carboxylic acids is 1. The van der Waals surface area contributed by atoms with Crippen molar-refractivity contribution in [3.05, 3.63) is 0 Å². The van der Waals surface area contributed by atoms with E-state index in [4.69, 9.17) is 0 Å². The molecule has 0 saturated carbocycles. The predicted octanol–water partition coefficient (Wildman–Crippen LogP) is 1.02. The average Bonchev–Trinajstić information content (AvgIpc) is 1.69. The number of halogens is 2. The topological polar surface area (TPSA) is 26.3 Å². The van der Waals surface area contributed by atoms with Gasteiger partial charge in [0.25, 0.3) is 0 Å². The molecular weight excluding hydrogens is 165 g/mol. The Morgan fingerprint density at radius 2 is 1.75 bits per heavy atom. The molecule has 0 aromatic heterocycles. The third-order valence-electron chi connectivity index (χ3n) is 0.287. The number of hydrogen-bond acceptors (Lipinski definition) is 2. The van der Waals surface area contributed by atoms with Gasteiger partial charge < -0.3 is 4.74 Å². The van der Waals surface area contributed by atoms with E-state index >= 15 is 0 Å². The molecule has 0 aromatic rings. The molecule has 0 saturated heterocycles. The molecule has 53 valence electrons. The Morgan fingerprint density at radius 1 is 1.62 bits per heavy atom. The van der Waals surface area contributed by atoms with Gasteiger partial charge in [0.1, 0.15) is 0 Å². The fraction of sp³-hybridized carbons (Fsp3) is 0.667. The Morgan fingerprint density at radius 3 is 1.75 bits per heavy atom. The molecule has 0 heterocycles. The van der Waals surface area contributed by atoms with Crippen LogP contribution >= 0.6 is 0 Å². The summed E-state index contributed by atoms with van der Waals surface area (Å²) in [6.07, 6.45) is 0. The van der Waals surface area contributed by atoms with E-state index < -0.39 is 15.6 Å². The van der Waals surface area contributed by atoms with Crippen molar-refractivity contribution in [2.75, 3.05) is 7.11 Å². The first kappa shape index (κ1) is 10.8. The Bertz CT molecular complexity index is 59.2. The zero-order valence-corrected chi connectivity index (χ0v) is 5.45. The summed E-state index contributed by atoms with van der Waals surface area (Å²) in [5.41, 5.74) is 0. The van der Waals surface area contributed by atoms with E-state index in [1.165, 1.54) is 14.0 Å². The molecular formula is C3H6CoF2O2. The Labute approximate surface area is 53.1 Å². The van der Waals surface area contributed by atoms with Crippen LogP contribution in [0.1, 0.15) is 6.92 Å². The van der Waals surface area contributed by atoms with Gasteiger partial charge in [-0.2, -0.15) is 0 Å². The second kappa shape index (κ2) is 9.96. The molecule has 0 rings (SSSR count). The van der Waals surface area contributed by atoms with E-state index in [0.717, 1.165) is 0 Å². The summed E-state index contributed by atoms with van der Waals surface area (Å²) >= 11 is -1.56. The fourth-order valence-electron chi connectivity index (χ4n) is 0. The number of carbonyl (C=O) groups is 1. The SMILES string of the molecule is COC(C)=O.[F][Co][F]. The van der Waals surface area contributed by atoms with Gasteiger partial charge in [-0.25, -0.2) is 0 Å². The maximum absolute atomic E-state index is 9.59. The van der Waals surface area contributed by atoms with Crippen molar-refractivity contribution in [1.82, 2.24) is 0 Å². The first-order valence-electron chi connectivity index (χ1n) is 1.57. The summed E-state index contributed by atoms with van der Waals surface area (Å²) in [5.74, 6) is -0.245. The first-order valence-corrected chi connectivity index (χ1v) is 2.36. The van der Waals surface area contributed by atoms with Gasteiger partial charge in [-0.05, 0) is 0 Å². The van der Waals surface area contributed by atoms with Crippen molar-refractivity contribution >= 4 is 5.97 Å². The summed E-state index contributed by atoms with van der Waals surface area (Å²) in [7, 11) is 1.35. The Balaban J connectivity index is 0. The number of hydrogen-bond donors (Lipinski definition) is 0. The van der Waals surface area contributed by atoms with E-state index in [2.05, 4.69) is 4.74 Å². The summed E-state index contributed by atoms with van der Waals surface area (Å²) in [5, 5.41) is 0. The molecule has 0 unspecified atom stereocenters. The zero-order valence-electron chi connectivity index (χ0n) is 4.41. The van der Waals surface area contributed by atoms with E-state index in [-0.39, 0.29) is 5.97 Å². The molecule has 0 aliphatic rings. The molecule has 0 aliphatic carbocycles. The van der Waals surface area contributed by atoms with Gasteiger partial charge in [-0.3, -0.25) is 4.79 Å². The van der Waals surface area contributed by atoms with Gasteiger partial charge in [-0.1, -0.05) is 0 Å². The molecule has 0 spiro atoms. The molecule has 8 heavy (non-hydrogen) atoms. The van der Waals surface area contributed by atoms with Gasteiger partial charge in [0.15, 0.2) is 0 Å². The van der Waals surface area contributed by atoms with Gasteiger partial charge in [0, 0.05) is 6.92 Å². The first-order chi connectivity index (χ1) is 3.68. The van der Waals surface area contributed by atoms with Crippen LogP contribution in [0.2, 0.25) is 0 Å². The standard InChI is InChI=1S/C3H6O2.Co.2FH/c1-3(4)5-2;;;/h1-2H3;;2*1H/q;+2;;/p-2. The molecule has 0 radical (unpaired) electrons. The van der Waals surface area contributed by atoms with Gasteiger partial charge >= 0.3 is 28.7 Å². The maximum atomic E-state index is 9.59. The molecule has 0 N–H and O–H groups in total. The van der Waals surface area contributed by atoms with Gasteiger partial charge in [0.2, 0.25) is 0 Å². The summed E-state index contributed by atoms with van der Waals surface area (Å²) in [6.45, 7) is 1.36. The summed E-state index contributed by atoms with van der Waals surface area (Å²) < 4.78 is 23.3. The van der Waals surface area contributed by atoms with Crippen LogP contribution in [0.5, 0.6) is 0 Å². The van der Waals surface area contributed by atoms with E-state index in [0.29, 0.717) is 0 Å². The van der Waals surface area contributed by atoms with Crippen molar-refractivity contribution in [2.24, 2.45) is 0 Å². The third kappa shape index (κ3) is 40.5. The third-order valence-corrected chi connectivity index (χ3v) is 0.287. The molecule has 0 aromatic carbocycles. The second-order valence-corrected chi connectivity index (χ2v) is 0.892. The zero-order chi connectivity index (χ0) is 6.99. The molecule has 0 aliphatic heterocycles. The van der Waals surface area contributed by atoms with E-state index in [1.807, 2.05) is 0 Å². The van der Waals surface area contributed by atoms with Crippen molar-refractivity contribution in [3.8, 4) is 0 Å². The van der Waals surface area contributed by atoms with E-state index in [9.17, 15) is 12.0 Å². The van der Waals surface area contributed by atoms with Gasteiger partial charge in [-0.15, -0.1) is 0 Å². The summed E-state index contributed by atoms with van der Waals surface area (Å²) in [6, 6.07) is 0. The molecule has 5 heteroatoms. The van der Waals surface area contributed by atoms with Gasteiger partial charge in [0.05, 0.1) is 7.11 Å².